The van der Waals surface area contributed by atoms with Crippen molar-refractivity contribution in [2.75, 3.05) is 18.1 Å². The van der Waals surface area contributed by atoms with Gasteiger partial charge < -0.3 is 14.6 Å². The zero-order chi connectivity index (χ0) is 14.0. The molecule has 1 aliphatic heterocycles. The Morgan fingerprint density at radius 1 is 1.47 bits per heavy atom. The van der Waals surface area contributed by atoms with Crippen molar-refractivity contribution in [2.45, 2.75) is 6.04 Å². The molecule has 0 saturated carbocycles. The van der Waals surface area contributed by atoms with Crippen LogP contribution in [-0.2, 0) is 11.8 Å². The predicted molar refractivity (Wildman–Crippen MR) is 71.5 cm³/mol. The van der Waals surface area contributed by atoms with Crippen molar-refractivity contribution in [3.8, 4) is 0 Å². The van der Waals surface area contributed by atoms with Crippen molar-refractivity contribution in [1.29, 1.82) is 0 Å². The van der Waals surface area contributed by atoms with Crippen LogP contribution in [0.25, 0.3) is 0 Å². The van der Waals surface area contributed by atoms with Gasteiger partial charge in [0.2, 0.25) is 0 Å². The van der Waals surface area contributed by atoms with E-state index in [-0.39, 0.29) is 11.1 Å². The Labute approximate surface area is 114 Å². The molecular formula is C12H14N2O4S. The van der Waals surface area contributed by atoms with Crippen LogP contribution in [0.1, 0.15) is 10.4 Å². The first-order chi connectivity index (χ1) is 9.00. The maximum Gasteiger partial charge on any atom is 0.327 e. The number of carboxylic acids is 1. The van der Waals surface area contributed by atoms with Crippen LogP contribution in [0.3, 0.4) is 0 Å². The summed E-state index contributed by atoms with van der Waals surface area (Å²) in [5.74, 6) is -0.318. The number of carbonyl (C=O) groups excluding carboxylic acids is 1. The monoisotopic (exact) mass is 282 g/mol. The molecule has 6 nitrogen and oxygen atoms in total. The van der Waals surface area contributed by atoms with E-state index in [1.807, 2.05) is 0 Å². The Bertz CT molecular complexity index is 569. The van der Waals surface area contributed by atoms with Gasteiger partial charge in [-0.3, -0.25) is 9.59 Å². The van der Waals surface area contributed by atoms with E-state index in [4.69, 9.17) is 5.11 Å². The molecule has 1 aliphatic rings. The molecule has 1 amide bonds. The van der Waals surface area contributed by atoms with E-state index in [2.05, 4.69) is 0 Å². The van der Waals surface area contributed by atoms with Crippen LogP contribution in [0.4, 0.5) is 0 Å². The van der Waals surface area contributed by atoms with Crippen molar-refractivity contribution in [3.05, 3.63) is 34.2 Å². The van der Waals surface area contributed by atoms with E-state index in [0.29, 0.717) is 18.1 Å². The lowest BCUT2D eigenvalue weighted by Gasteiger charge is -2.32. The highest BCUT2D eigenvalue weighted by atomic mass is 32.2. The Morgan fingerprint density at radius 2 is 2.21 bits per heavy atom. The fourth-order valence-corrected chi connectivity index (χ4v) is 2.94. The first-order valence-electron chi connectivity index (χ1n) is 5.79. The number of rotatable bonds is 2. The third kappa shape index (κ3) is 2.81. The predicted octanol–water partition coefficient (Wildman–Crippen LogP) is 0.0275. The Hall–Kier alpha value is -1.76. The molecule has 19 heavy (non-hydrogen) atoms. The van der Waals surface area contributed by atoms with Gasteiger partial charge in [0.05, 0.1) is 0 Å². The summed E-state index contributed by atoms with van der Waals surface area (Å²) in [4.78, 5) is 36.3. The fourth-order valence-electron chi connectivity index (χ4n) is 1.90. The number of aryl methyl sites for hydroxylation is 1. The topological polar surface area (TPSA) is 79.6 Å². The maximum absolute atomic E-state index is 12.3. The van der Waals surface area contributed by atoms with E-state index in [1.165, 1.54) is 39.6 Å². The van der Waals surface area contributed by atoms with Crippen molar-refractivity contribution in [1.82, 2.24) is 9.47 Å². The summed E-state index contributed by atoms with van der Waals surface area (Å²) in [5, 5.41) is 9.13. The summed E-state index contributed by atoms with van der Waals surface area (Å²) in [6.07, 6.45) is 1.50. The van der Waals surface area contributed by atoms with Crippen LogP contribution in [0.2, 0.25) is 0 Å². The average Bonchev–Trinajstić information content (AvgIpc) is 2.41. The number of thioether (sulfide) groups is 1. The molecule has 2 heterocycles. The van der Waals surface area contributed by atoms with Crippen LogP contribution in [0.15, 0.2) is 23.1 Å². The number of hydrogen-bond donors (Lipinski definition) is 1. The van der Waals surface area contributed by atoms with E-state index in [1.54, 1.807) is 7.05 Å². The van der Waals surface area contributed by atoms with E-state index >= 15 is 0 Å². The lowest BCUT2D eigenvalue weighted by molar-refractivity contribution is -0.141. The highest BCUT2D eigenvalue weighted by molar-refractivity contribution is 7.99. The van der Waals surface area contributed by atoms with E-state index in [0.717, 1.165) is 0 Å². The number of pyridine rings is 1. The third-order valence-corrected chi connectivity index (χ3v) is 4.05. The fraction of sp³-hybridized carbons (Fsp3) is 0.417. The van der Waals surface area contributed by atoms with E-state index < -0.39 is 17.9 Å². The molecule has 1 unspecified atom stereocenters. The van der Waals surface area contributed by atoms with E-state index in [9.17, 15) is 14.4 Å². The van der Waals surface area contributed by atoms with Crippen molar-refractivity contribution >= 4 is 23.6 Å². The van der Waals surface area contributed by atoms with Crippen molar-refractivity contribution < 1.29 is 14.7 Å². The second kappa shape index (κ2) is 5.48. The minimum absolute atomic E-state index is 0.237. The summed E-state index contributed by atoms with van der Waals surface area (Å²) in [7, 11) is 1.59. The van der Waals surface area contributed by atoms with Crippen molar-refractivity contribution in [3.63, 3.8) is 0 Å². The molecule has 0 bridgehead atoms. The van der Waals surface area contributed by atoms with Gasteiger partial charge in [0, 0.05) is 42.9 Å². The van der Waals surface area contributed by atoms with Crippen LogP contribution in [0.5, 0.6) is 0 Å². The molecule has 1 N–H and O–H groups in total. The van der Waals surface area contributed by atoms with Gasteiger partial charge in [0.25, 0.3) is 11.5 Å². The molecule has 0 spiro atoms. The van der Waals surface area contributed by atoms with Gasteiger partial charge in [-0.1, -0.05) is 0 Å². The number of hydrogen-bond acceptors (Lipinski definition) is 4. The number of amides is 1. The first kappa shape index (κ1) is 13.7. The second-order valence-corrected chi connectivity index (χ2v) is 5.44. The summed E-state index contributed by atoms with van der Waals surface area (Å²) in [6.45, 7) is 0.385. The highest BCUT2D eigenvalue weighted by Gasteiger charge is 2.32. The SMILES string of the molecule is Cn1ccc(C(=O)N2CCSCC2C(=O)O)cc1=O. The number of carboxylic acid groups (broad SMARTS) is 1. The van der Waals surface area contributed by atoms with Gasteiger partial charge in [-0.05, 0) is 6.07 Å². The quantitative estimate of drug-likeness (QED) is 0.827. The zero-order valence-electron chi connectivity index (χ0n) is 10.4. The molecule has 0 aliphatic carbocycles. The Balaban J connectivity index is 2.28. The number of carbonyl (C=O) groups is 2. The lowest BCUT2D eigenvalue weighted by Crippen LogP contribution is -2.50. The standard InChI is InChI=1S/C12H14N2O4S/c1-13-3-2-8(6-10(13)15)11(16)14-4-5-19-7-9(14)12(17)18/h2-3,6,9H,4-5,7H2,1H3,(H,17,18). The highest BCUT2D eigenvalue weighted by Crippen LogP contribution is 2.18. The Kier molecular flexibility index (Phi) is 3.94. The zero-order valence-corrected chi connectivity index (χ0v) is 11.2. The van der Waals surface area contributed by atoms with Gasteiger partial charge >= 0.3 is 5.97 Å². The van der Waals surface area contributed by atoms with Gasteiger partial charge in [-0.15, -0.1) is 0 Å². The molecule has 0 aromatic carbocycles. The average molecular weight is 282 g/mol. The van der Waals surface area contributed by atoms with Crippen molar-refractivity contribution in [2.24, 2.45) is 7.05 Å². The number of aliphatic carboxylic acids is 1. The summed E-state index contributed by atoms with van der Waals surface area (Å²) < 4.78 is 1.36. The van der Waals surface area contributed by atoms with Crippen LogP contribution >= 0.6 is 11.8 Å². The summed E-state index contributed by atoms with van der Waals surface area (Å²) in [6, 6.07) is 1.95. The van der Waals surface area contributed by atoms with Gasteiger partial charge in [0.1, 0.15) is 6.04 Å². The molecule has 2 rings (SSSR count). The lowest BCUT2D eigenvalue weighted by atomic mass is 10.2. The van der Waals surface area contributed by atoms with Gasteiger partial charge in [-0.2, -0.15) is 11.8 Å². The van der Waals surface area contributed by atoms with Crippen LogP contribution < -0.4 is 5.56 Å². The normalized spacial score (nSPS) is 19.2. The molecule has 1 saturated heterocycles. The number of nitrogens with zero attached hydrogens (tertiary/aromatic N) is 2. The second-order valence-electron chi connectivity index (χ2n) is 4.29. The minimum Gasteiger partial charge on any atom is -0.480 e. The van der Waals surface area contributed by atoms with Gasteiger partial charge in [0.15, 0.2) is 0 Å². The molecule has 102 valence electrons. The number of aromatic nitrogens is 1. The molecule has 1 aromatic rings. The summed E-state index contributed by atoms with van der Waals surface area (Å²) in [5.41, 5.74) is -0.0506. The van der Waals surface area contributed by atoms with Crippen LogP contribution in [0, 0.1) is 0 Å². The first-order valence-corrected chi connectivity index (χ1v) is 6.94. The smallest absolute Gasteiger partial charge is 0.327 e. The molecule has 1 aromatic heterocycles. The minimum atomic E-state index is -1.01. The summed E-state index contributed by atoms with van der Waals surface area (Å²) >= 11 is 1.51. The molecule has 1 fully saturated rings. The third-order valence-electron chi connectivity index (χ3n) is 3.03. The van der Waals surface area contributed by atoms with Gasteiger partial charge in [-0.25, -0.2) is 4.79 Å². The maximum atomic E-state index is 12.3. The Morgan fingerprint density at radius 3 is 2.84 bits per heavy atom. The molecular weight excluding hydrogens is 268 g/mol. The van der Waals surface area contributed by atoms with Crippen LogP contribution in [-0.4, -0.2) is 50.5 Å². The molecule has 7 heteroatoms. The largest absolute Gasteiger partial charge is 0.480 e. The molecule has 0 radical (unpaired) electrons. The molecule has 1 atom stereocenters.